The number of methoxy groups -OCH3 is 2. The molecule has 1 aliphatic rings. The maximum absolute atomic E-state index is 12.4. The third-order valence-electron chi connectivity index (χ3n) is 3.81. The van der Waals surface area contributed by atoms with Gasteiger partial charge >= 0.3 is 0 Å². The van der Waals surface area contributed by atoms with E-state index in [-0.39, 0.29) is 0 Å². The van der Waals surface area contributed by atoms with Crippen LogP contribution in [0.1, 0.15) is 20.7 Å². The molecular weight excluding hydrogens is 467 g/mol. The average molecular weight is 484 g/mol. The Balaban J connectivity index is 1.69. The Labute approximate surface area is 169 Å². The molecule has 0 bridgehead atoms. The number of carbonyl (C=O) groups excluding carboxylic acids is 2. The fraction of sp³-hybridized carbons (Fsp3) is 0.222. The summed E-state index contributed by atoms with van der Waals surface area (Å²) in [6.45, 7) is 0.894. The highest BCUT2D eigenvalue weighted by Crippen LogP contribution is 2.32. The van der Waals surface area contributed by atoms with Crippen LogP contribution in [0.25, 0.3) is 0 Å². The van der Waals surface area contributed by atoms with E-state index in [0.29, 0.717) is 50.9 Å². The topological polar surface area (TPSA) is 95.1 Å². The molecule has 0 unspecified atom stereocenters. The third-order valence-corrected chi connectivity index (χ3v) is 4.70. The summed E-state index contributed by atoms with van der Waals surface area (Å²) in [5, 5.41) is 0. The van der Waals surface area contributed by atoms with Gasteiger partial charge in [-0.15, -0.1) is 0 Å². The van der Waals surface area contributed by atoms with Gasteiger partial charge < -0.3 is 18.9 Å². The van der Waals surface area contributed by atoms with Crippen LogP contribution in [0.3, 0.4) is 0 Å². The van der Waals surface area contributed by atoms with Crippen LogP contribution >= 0.6 is 22.6 Å². The fourth-order valence-corrected chi connectivity index (χ4v) is 3.15. The molecule has 0 saturated heterocycles. The van der Waals surface area contributed by atoms with Gasteiger partial charge in [-0.05, 0) is 52.9 Å². The lowest BCUT2D eigenvalue weighted by atomic mass is 10.2. The number of nitrogens with one attached hydrogen (secondary N) is 2. The molecule has 142 valence electrons. The van der Waals surface area contributed by atoms with Crippen LogP contribution in [0.15, 0.2) is 30.3 Å². The van der Waals surface area contributed by atoms with E-state index < -0.39 is 11.8 Å². The van der Waals surface area contributed by atoms with Gasteiger partial charge in [0.2, 0.25) is 0 Å². The van der Waals surface area contributed by atoms with Crippen LogP contribution < -0.4 is 29.8 Å². The summed E-state index contributed by atoms with van der Waals surface area (Å²) in [6.07, 6.45) is 0. The van der Waals surface area contributed by atoms with E-state index in [0.717, 1.165) is 0 Å². The van der Waals surface area contributed by atoms with Crippen LogP contribution in [0.5, 0.6) is 23.0 Å². The van der Waals surface area contributed by atoms with Crippen LogP contribution in [-0.4, -0.2) is 39.2 Å². The molecule has 0 saturated carbocycles. The highest BCUT2D eigenvalue weighted by Gasteiger charge is 2.18. The van der Waals surface area contributed by atoms with Crippen molar-refractivity contribution in [3.63, 3.8) is 0 Å². The van der Waals surface area contributed by atoms with Crippen LogP contribution in [0, 0.1) is 3.57 Å². The zero-order valence-electron chi connectivity index (χ0n) is 14.6. The molecule has 0 atom stereocenters. The molecule has 0 aromatic heterocycles. The molecule has 1 aliphatic heterocycles. The lowest BCUT2D eigenvalue weighted by Gasteiger charge is -2.18. The zero-order chi connectivity index (χ0) is 19.4. The maximum Gasteiger partial charge on any atom is 0.270 e. The number of ether oxygens (including phenoxy) is 4. The van der Waals surface area contributed by atoms with Crippen LogP contribution in [0.4, 0.5) is 0 Å². The molecule has 0 aliphatic carbocycles. The number of fused-ring (bicyclic) bond motifs is 1. The fourth-order valence-electron chi connectivity index (χ4n) is 2.47. The minimum atomic E-state index is -0.480. The number of hydrazine groups is 1. The van der Waals surface area contributed by atoms with Crippen molar-refractivity contribution in [1.29, 1.82) is 0 Å². The van der Waals surface area contributed by atoms with E-state index in [1.54, 1.807) is 30.3 Å². The van der Waals surface area contributed by atoms with Gasteiger partial charge in [-0.3, -0.25) is 20.4 Å². The summed E-state index contributed by atoms with van der Waals surface area (Å²) < 4.78 is 21.9. The van der Waals surface area contributed by atoms with Gasteiger partial charge in [0.15, 0.2) is 23.0 Å². The average Bonchev–Trinajstić information content (AvgIpc) is 2.71. The standard InChI is InChI=1S/C18H17IN2O6/c1-24-14-8-11(12(19)9-15(14)25-2)18(23)21-20-17(22)10-3-4-13-16(7-10)27-6-5-26-13/h3-4,7-9H,5-6H2,1-2H3,(H,20,22)(H,21,23). The molecule has 2 aromatic carbocycles. The third kappa shape index (κ3) is 4.18. The number of amides is 2. The second-order valence-electron chi connectivity index (χ2n) is 5.45. The molecule has 0 fully saturated rings. The molecule has 0 radical (unpaired) electrons. The Hall–Kier alpha value is -2.69. The van der Waals surface area contributed by atoms with E-state index >= 15 is 0 Å². The van der Waals surface area contributed by atoms with Crippen molar-refractivity contribution in [3.05, 3.63) is 45.0 Å². The van der Waals surface area contributed by atoms with E-state index in [2.05, 4.69) is 10.9 Å². The Morgan fingerprint density at radius 2 is 1.56 bits per heavy atom. The predicted octanol–water partition coefficient (Wildman–Crippen LogP) is 2.15. The second kappa shape index (κ2) is 8.33. The molecule has 2 amide bonds. The molecule has 0 spiro atoms. The van der Waals surface area contributed by atoms with E-state index in [4.69, 9.17) is 18.9 Å². The van der Waals surface area contributed by atoms with E-state index in [9.17, 15) is 9.59 Å². The number of hydrogen-bond donors (Lipinski definition) is 2. The molecular formula is C18H17IN2O6. The summed E-state index contributed by atoms with van der Waals surface area (Å²) in [5.41, 5.74) is 5.46. The van der Waals surface area contributed by atoms with E-state index in [1.807, 2.05) is 22.6 Å². The lowest BCUT2D eigenvalue weighted by Crippen LogP contribution is -2.42. The van der Waals surface area contributed by atoms with Gasteiger partial charge in [-0.1, -0.05) is 0 Å². The Morgan fingerprint density at radius 3 is 2.26 bits per heavy atom. The van der Waals surface area contributed by atoms with Crippen molar-refractivity contribution in [2.24, 2.45) is 0 Å². The Bertz CT molecular complexity index is 886. The van der Waals surface area contributed by atoms with Gasteiger partial charge in [-0.2, -0.15) is 0 Å². The molecule has 1 heterocycles. The summed E-state index contributed by atoms with van der Waals surface area (Å²) >= 11 is 2.01. The SMILES string of the molecule is COc1cc(I)c(C(=O)NNC(=O)c2ccc3c(c2)OCCO3)cc1OC. The summed E-state index contributed by atoms with van der Waals surface area (Å²) in [5.74, 6) is 1.05. The molecule has 2 aromatic rings. The largest absolute Gasteiger partial charge is 0.493 e. The van der Waals surface area contributed by atoms with Crippen molar-refractivity contribution in [3.8, 4) is 23.0 Å². The Kier molecular flexibility index (Phi) is 5.89. The number of carbonyl (C=O) groups is 2. The molecule has 8 nitrogen and oxygen atoms in total. The predicted molar refractivity (Wildman–Crippen MR) is 105 cm³/mol. The lowest BCUT2D eigenvalue weighted by molar-refractivity contribution is 0.0845. The monoisotopic (exact) mass is 484 g/mol. The number of rotatable bonds is 4. The number of halogens is 1. The first kappa shape index (κ1) is 19.1. The second-order valence-corrected chi connectivity index (χ2v) is 6.62. The van der Waals surface area contributed by atoms with Gasteiger partial charge in [0.25, 0.3) is 11.8 Å². The quantitative estimate of drug-likeness (QED) is 0.511. The Morgan fingerprint density at radius 1 is 0.926 bits per heavy atom. The van der Waals surface area contributed by atoms with Gasteiger partial charge in [0.1, 0.15) is 13.2 Å². The first-order valence-electron chi connectivity index (χ1n) is 7.95. The molecule has 27 heavy (non-hydrogen) atoms. The highest BCUT2D eigenvalue weighted by atomic mass is 127. The van der Waals surface area contributed by atoms with Crippen molar-refractivity contribution in [1.82, 2.24) is 10.9 Å². The van der Waals surface area contributed by atoms with Crippen molar-refractivity contribution < 1.29 is 28.5 Å². The number of benzene rings is 2. The first-order chi connectivity index (χ1) is 13.0. The van der Waals surface area contributed by atoms with Crippen molar-refractivity contribution in [2.45, 2.75) is 0 Å². The van der Waals surface area contributed by atoms with Gasteiger partial charge in [0.05, 0.1) is 19.8 Å². The van der Waals surface area contributed by atoms with Crippen molar-refractivity contribution >= 4 is 34.4 Å². The van der Waals surface area contributed by atoms with Gasteiger partial charge in [0, 0.05) is 9.13 Å². The van der Waals surface area contributed by atoms with Crippen LogP contribution in [-0.2, 0) is 0 Å². The minimum absolute atomic E-state index is 0.335. The zero-order valence-corrected chi connectivity index (χ0v) is 16.8. The summed E-state index contributed by atoms with van der Waals surface area (Å²) in [4.78, 5) is 24.7. The summed E-state index contributed by atoms with van der Waals surface area (Å²) in [7, 11) is 3.00. The normalized spacial score (nSPS) is 12.1. The minimum Gasteiger partial charge on any atom is -0.493 e. The van der Waals surface area contributed by atoms with Crippen molar-refractivity contribution in [2.75, 3.05) is 27.4 Å². The number of hydrogen-bond acceptors (Lipinski definition) is 6. The van der Waals surface area contributed by atoms with E-state index in [1.165, 1.54) is 14.2 Å². The summed E-state index contributed by atoms with van der Waals surface area (Å²) in [6, 6.07) is 8.04. The highest BCUT2D eigenvalue weighted by molar-refractivity contribution is 14.1. The maximum atomic E-state index is 12.4. The van der Waals surface area contributed by atoms with Crippen LogP contribution in [0.2, 0.25) is 0 Å². The van der Waals surface area contributed by atoms with Gasteiger partial charge in [-0.25, -0.2) is 0 Å². The molecule has 2 N–H and O–H groups in total. The first-order valence-corrected chi connectivity index (χ1v) is 9.03. The smallest absolute Gasteiger partial charge is 0.270 e. The molecule has 9 heteroatoms. The molecule has 3 rings (SSSR count).